The molecule has 1 N–H and O–H groups in total. The summed E-state index contributed by atoms with van der Waals surface area (Å²) in [5.74, 6) is 1.09. The number of nitrogens with one attached hydrogen (secondary N) is 1. The van der Waals surface area contributed by atoms with E-state index in [0.717, 1.165) is 21.5 Å². The first-order valence-corrected chi connectivity index (χ1v) is 10.7. The Hall–Kier alpha value is -3.58. The molecule has 3 aromatic rings. The zero-order valence-electron chi connectivity index (χ0n) is 17.6. The Morgan fingerprint density at radius 2 is 2.00 bits per heavy atom. The van der Waals surface area contributed by atoms with Gasteiger partial charge in [-0.3, -0.25) is 14.3 Å². The maximum atomic E-state index is 12.1. The third-order valence-corrected chi connectivity index (χ3v) is 5.39. The van der Waals surface area contributed by atoms with Crippen molar-refractivity contribution in [2.24, 2.45) is 12.1 Å². The molecule has 1 aliphatic rings. The molecule has 0 fully saturated rings. The highest BCUT2D eigenvalue weighted by Crippen LogP contribution is 2.27. The van der Waals surface area contributed by atoms with Gasteiger partial charge in [0.2, 0.25) is 0 Å². The van der Waals surface area contributed by atoms with Gasteiger partial charge in [-0.25, -0.2) is 9.80 Å². The monoisotopic (exact) mass is 450 g/mol. The average molecular weight is 451 g/mol. The largest absolute Gasteiger partial charge is 0.484 e. The van der Waals surface area contributed by atoms with Gasteiger partial charge in [0.05, 0.1) is 6.21 Å². The van der Waals surface area contributed by atoms with Crippen LogP contribution in [0.1, 0.15) is 17.5 Å². The van der Waals surface area contributed by atoms with Crippen LogP contribution in [0.4, 0.5) is 5.82 Å². The SMILES string of the molecule is Cn1c(=O)cc(N(CCc2ccccc2)/N=C/C2CC=C(c3cccc(Cl)c3)O2)[nH]c1=O. The van der Waals surface area contributed by atoms with E-state index in [1.165, 1.54) is 13.1 Å². The number of hydrogen-bond donors (Lipinski definition) is 1. The first-order chi connectivity index (χ1) is 15.5. The quantitative estimate of drug-likeness (QED) is 0.440. The minimum absolute atomic E-state index is 0.263. The molecule has 0 spiro atoms. The Balaban J connectivity index is 1.52. The number of ether oxygens (including phenoxy) is 1. The van der Waals surface area contributed by atoms with Gasteiger partial charge in [0.25, 0.3) is 5.56 Å². The molecule has 32 heavy (non-hydrogen) atoms. The normalized spacial score (nSPS) is 15.6. The van der Waals surface area contributed by atoms with E-state index < -0.39 is 11.2 Å². The van der Waals surface area contributed by atoms with Crippen LogP contribution in [0.3, 0.4) is 0 Å². The van der Waals surface area contributed by atoms with Crippen LogP contribution in [0.15, 0.2) is 81.4 Å². The van der Waals surface area contributed by atoms with Gasteiger partial charge in [-0.05, 0) is 30.2 Å². The molecule has 1 aromatic heterocycles. The summed E-state index contributed by atoms with van der Waals surface area (Å²) in [6.45, 7) is 0.477. The highest BCUT2D eigenvalue weighted by atomic mass is 35.5. The summed E-state index contributed by atoms with van der Waals surface area (Å²) in [6.07, 6.45) is 4.77. The number of hydrazone groups is 1. The van der Waals surface area contributed by atoms with Gasteiger partial charge in [0.1, 0.15) is 17.7 Å². The molecule has 1 aliphatic heterocycles. The summed E-state index contributed by atoms with van der Waals surface area (Å²) in [4.78, 5) is 27.0. The second kappa shape index (κ2) is 9.70. The van der Waals surface area contributed by atoms with Crippen molar-refractivity contribution in [1.29, 1.82) is 0 Å². The molecule has 0 radical (unpaired) electrons. The van der Waals surface area contributed by atoms with Gasteiger partial charge in [0.15, 0.2) is 0 Å². The maximum absolute atomic E-state index is 12.1. The van der Waals surface area contributed by atoms with Gasteiger partial charge in [-0.2, -0.15) is 5.10 Å². The van der Waals surface area contributed by atoms with Crippen molar-refractivity contribution in [3.63, 3.8) is 0 Å². The van der Waals surface area contributed by atoms with Crippen LogP contribution < -0.4 is 16.3 Å². The molecule has 8 heteroatoms. The number of aromatic nitrogens is 2. The highest BCUT2D eigenvalue weighted by molar-refractivity contribution is 6.30. The summed E-state index contributed by atoms with van der Waals surface area (Å²) in [7, 11) is 1.43. The van der Waals surface area contributed by atoms with Crippen LogP contribution in [-0.4, -0.2) is 28.4 Å². The number of halogens is 1. The number of nitrogens with zero attached hydrogens (tertiary/aromatic N) is 3. The fraction of sp³-hybridized carbons (Fsp3) is 0.208. The van der Waals surface area contributed by atoms with E-state index in [4.69, 9.17) is 16.3 Å². The number of H-pyrrole nitrogens is 1. The van der Waals surface area contributed by atoms with Gasteiger partial charge >= 0.3 is 5.69 Å². The number of benzene rings is 2. The summed E-state index contributed by atoms with van der Waals surface area (Å²) < 4.78 is 7.02. The molecule has 2 heterocycles. The molecule has 0 saturated heterocycles. The van der Waals surface area contributed by atoms with Crippen LogP contribution in [-0.2, 0) is 18.2 Å². The summed E-state index contributed by atoms with van der Waals surface area (Å²) in [5.41, 5.74) is 1.14. The molecule has 1 unspecified atom stereocenters. The summed E-state index contributed by atoms with van der Waals surface area (Å²) in [5, 5.41) is 6.82. The third-order valence-electron chi connectivity index (χ3n) is 5.16. The average Bonchev–Trinajstić information content (AvgIpc) is 3.27. The van der Waals surface area contributed by atoms with Gasteiger partial charge in [-0.15, -0.1) is 0 Å². The minimum atomic E-state index is -0.491. The van der Waals surface area contributed by atoms with E-state index in [9.17, 15) is 9.59 Å². The molecule has 7 nitrogen and oxygen atoms in total. The molecular formula is C24H23ClN4O3. The molecule has 1 atom stereocenters. The highest BCUT2D eigenvalue weighted by Gasteiger charge is 2.19. The van der Waals surface area contributed by atoms with Crippen molar-refractivity contribution in [2.45, 2.75) is 18.9 Å². The Morgan fingerprint density at radius 1 is 1.19 bits per heavy atom. The molecular weight excluding hydrogens is 428 g/mol. The van der Waals surface area contributed by atoms with Crippen molar-refractivity contribution >= 4 is 29.4 Å². The first-order valence-electron chi connectivity index (χ1n) is 10.3. The van der Waals surface area contributed by atoms with Crippen LogP contribution in [0.2, 0.25) is 5.02 Å². The molecule has 2 aromatic carbocycles. The van der Waals surface area contributed by atoms with Crippen LogP contribution in [0.25, 0.3) is 5.76 Å². The van der Waals surface area contributed by atoms with Gasteiger partial charge in [-0.1, -0.05) is 54.1 Å². The lowest BCUT2D eigenvalue weighted by Gasteiger charge is -2.19. The third kappa shape index (κ3) is 5.18. The number of aromatic amines is 1. The lowest BCUT2D eigenvalue weighted by atomic mass is 10.1. The fourth-order valence-corrected chi connectivity index (χ4v) is 3.55. The zero-order chi connectivity index (χ0) is 22.5. The van der Waals surface area contributed by atoms with E-state index in [2.05, 4.69) is 10.1 Å². The Morgan fingerprint density at radius 3 is 2.75 bits per heavy atom. The van der Waals surface area contributed by atoms with Gasteiger partial charge in [0, 0.05) is 36.7 Å². The second-order valence-corrected chi connectivity index (χ2v) is 7.89. The van der Waals surface area contributed by atoms with E-state index in [1.54, 1.807) is 11.2 Å². The predicted octanol–water partition coefficient (Wildman–Crippen LogP) is 3.59. The molecule has 0 amide bonds. The van der Waals surface area contributed by atoms with Crippen LogP contribution in [0, 0.1) is 0 Å². The lowest BCUT2D eigenvalue weighted by Crippen LogP contribution is -2.35. The standard InChI is InChI=1S/C24H23ClN4O3/c1-28-23(30)15-22(27-24(28)31)29(13-12-17-6-3-2-4-7-17)26-16-20-10-11-21(32-20)18-8-5-9-19(25)14-18/h2-9,11,14-16,20H,10,12-13H2,1H3,(H,27,31)/b26-16+. The van der Waals surface area contributed by atoms with E-state index >= 15 is 0 Å². The second-order valence-electron chi connectivity index (χ2n) is 7.45. The Labute approximate surface area is 190 Å². The number of rotatable bonds is 7. The fourth-order valence-electron chi connectivity index (χ4n) is 3.36. The Bertz CT molecular complexity index is 1230. The summed E-state index contributed by atoms with van der Waals surface area (Å²) in [6, 6.07) is 18.8. The minimum Gasteiger partial charge on any atom is -0.484 e. The molecule has 4 rings (SSSR count). The number of anilines is 1. The van der Waals surface area contributed by atoms with Crippen LogP contribution in [0.5, 0.6) is 0 Å². The van der Waals surface area contributed by atoms with Crippen molar-refractivity contribution in [2.75, 3.05) is 11.6 Å². The zero-order valence-corrected chi connectivity index (χ0v) is 18.3. The smallest absolute Gasteiger partial charge is 0.329 e. The number of hydrogen-bond acceptors (Lipinski definition) is 5. The predicted molar refractivity (Wildman–Crippen MR) is 127 cm³/mol. The first kappa shape index (κ1) is 21.6. The molecule has 0 aliphatic carbocycles. The maximum Gasteiger partial charge on any atom is 0.329 e. The Kier molecular flexibility index (Phi) is 6.56. The van der Waals surface area contributed by atoms with Crippen LogP contribution >= 0.6 is 11.6 Å². The van der Waals surface area contributed by atoms with E-state index in [1.807, 2.05) is 60.7 Å². The van der Waals surface area contributed by atoms with Gasteiger partial charge < -0.3 is 4.74 Å². The molecule has 0 saturated carbocycles. The van der Waals surface area contributed by atoms with Crippen molar-refractivity contribution < 1.29 is 4.74 Å². The summed E-state index contributed by atoms with van der Waals surface area (Å²) >= 11 is 6.08. The van der Waals surface area contributed by atoms with Crippen molar-refractivity contribution in [3.8, 4) is 0 Å². The van der Waals surface area contributed by atoms with Crippen molar-refractivity contribution in [3.05, 3.63) is 104 Å². The molecule has 0 bridgehead atoms. The molecule has 164 valence electrons. The van der Waals surface area contributed by atoms with E-state index in [-0.39, 0.29) is 6.10 Å². The van der Waals surface area contributed by atoms with Crippen molar-refractivity contribution in [1.82, 2.24) is 9.55 Å². The topological polar surface area (TPSA) is 79.7 Å². The lowest BCUT2D eigenvalue weighted by molar-refractivity contribution is 0.258. The van der Waals surface area contributed by atoms with E-state index in [0.29, 0.717) is 30.2 Å².